The number of hydrogen-bond donors (Lipinski definition) is 0. The van der Waals surface area contributed by atoms with Crippen molar-refractivity contribution in [2.24, 2.45) is 0 Å². The Kier molecular flexibility index (Phi) is 5.50. The van der Waals surface area contributed by atoms with Crippen molar-refractivity contribution >= 4 is 17.2 Å². The number of pyridine rings is 1. The molecule has 3 aromatic rings. The molecule has 0 fully saturated rings. The summed E-state index contributed by atoms with van der Waals surface area (Å²) in [7, 11) is 0. The molecule has 9 heteroatoms. The molecule has 3 aromatic heterocycles. The van der Waals surface area contributed by atoms with Crippen LogP contribution in [0.15, 0.2) is 63.4 Å². The zero-order valence-corrected chi connectivity index (χ0v) is 14.8. The van der Waals surface area contributed by atoms with Gasteiger partial charge in [-0.3, -0.25) is 9.59 Å². The third-order valence-electron chi connectivity index (χ3n) is 3.84. The smallest absolute Gasteiger partial charge is 0.421 e. The topological polar surface area (TPSA) is 55.5 Å². The molecule has 0 aromatic carbocycles. The van der Waals surface area contributed by atoms with Gasteiger partial charge in [0, 0.05) is 11.1 Å². The van der Waals surface area contributed by atoms with Gasteiger partial charge in [0.05, 0.1) is 19.4 Å². The summed E-state index contributed by atoms with van der Waals surface area (Å²) >= 11 is 1.45. The molecule has 0 saturated heterocycles. The first kappa shape index (κ1) is 19.0. The molecular weight excluding hydrogens is 381 g/mol. The molecule has 142 valence electrons. The first-order valence-electron chi connectivity index (χ1n) is 7.94. The summed E-state index contributed by atoms with van der Waals surface area (Å²) in [6, 6.07) is 8.88. The number of halogens is 3. The molecule has 27 heavy (non-hydrogen) atoms. The Morgan fingerprint density at radius 3 is 2.59 bits per heavy atom. The van der Waals surface area contributed by atoms with E-state index in [2.05, 4.69) is 0 Å². The van der Waals surface area contributed by atoms with Crippen LogP contribution in [0.1, 0.15) is 16.2 Å². The van der Waals surface area contributed by atoms with Gasteiger partial charge in [-0.15, -0.1) is 11.3 Å². The fourth-order valence-electron chi connectivity index (χ4n) is 2.54. The van der Waals surface area contributed by atoms with E-state index in [1.165, 1.54) is 28.7 Å². The fourth-order valence-corrected chi connectivity index (χ4v) is 3.26. The maximum atomic E-state index is 12.9. The van der Waals surface area contributed by atoms with Crippen molar-refractivity contribution in [3.63, 3.8) is 0 Å². The number of amides is 1. The van der Waals surface area contributed by atoms with E-state index in [9.17, 15) is 22.8 Å². The van der Waals surface area contributed by atoms with Gasteiger partial charge < -0.3 is 13.9 Å². The summed E-state index contributed by atoms with van der Waals surface area (Å²) < 4.78 is 44.8. The molecular formula is C18H15F3N2O3S. The molecule has 0 radical (unpaired) electrons. The van der Waals surface area contributed by atoms with Crippen molar-refractivity contribution in [1.82, 2.24) is 9.47 Å². The molecule has 0 bridgehead atoms. The monoisotopic (exact) mass is 396 g/mol. The Morgan fingerprint density at radius 1 is 1.15 bits per heavy atom. The number of rotatable bonds is 6. The minimum atomic E-state index is -4.77. The lowest BCUT2D eigenvalue weighted by molar-refractivity contribution is -0.139. The first-order valence-corrected chi connectivity index (χ1v) is 8.82. The number of carbonyl (C=O) groups excluding carboxylic acids is 1. The van der Waals surface area contributed by atoms with E-state index in [4.69, 9.17) is 4.42 Å². The Bertz CT molecular complexity index is 911. The molecule has 0 atom stereocenters. The maximum absolute atomic E-state index is 12.9. The van der Waals surface area contributed by atoms with Crippen LogP contribution in [0.2, 0.25) is 0 Å². The van der Waals surface area contributed by atoms with Gasteiger partial charge in [0.15, 0.2) is 0 Å². The van der Waals surface area contributed by atoms with Gasteiger partial charge in [-0.05, 0) is 35.7 Å². The van der Waals surface area contributed by atoms with Gasteiger partial charge in [-0.1, -0.05) is 6.07 Å². The Labute approximate surface area is 156 Å². The van der Waals surface area contributed by atoms with E-state index in [1.807, 2.05) is 17.5 Å². The summed E-state index contributed by atoms with van der Waals surface area (Å²) in [5, 5.41) is 1.86. The minimum Gasteiger partial charge on any atom is -0.467 e. The van der Waals surface area contributed by atoms with Gasteiger partial charge in [-0.2, -0.15) is 13.2 Å². The molecule has 0 spiro atoms. The van der Waals surface area contributed by atoms with Crippen molar-refractivity contribution in [2.75, 3.05) is 0 Å². The lowest BCUT2D eigenvalue weighted by atomic mass is 10.2. The number of alkyl halides is 3. The first-order chi connectivity index (χ1) is 12.8. The van der Waals surface area contributed by atoms with Crippen LogP contribution in [0.5, 0.6) is 0 Å². The van der Waals surface area contributed by atoms with Crippen molar-refractivity contribution in [2.45, 2.75) is 25.8 Å². The van der Waals surface area contributed by atoms with Crippen molar-refractivity contribution in [3.8, 4) is 0 Å². The molecule has 0 aliphatic carbocycles. The minimum absolute atomic E-state index is 0.150. The van der Waals surface area contributed by atoms with Crippen molar-refractivity contribution in [1.29, 1.82) is 0 Å². The SMILES string of the molecule is O=C(Cn1cccc(C(F)(F)F)c1=O)N(Cc1ccco1)Cc1cccs1. The average Bonchev–Trinajstić information content (AvgIpc) is 3.29. The van der Waals surface area contributed by atoms with Crippen LogP contribution in [0, 0.1) is 0 Å². The van der Waals surface area contributed by atoms with E-state index in [0.29, 0.717) is 11.8 Å². The van der Waals surface area contributed by atoms with E-state index in [-0.39, 0.29) is 13.1 Å². The van der Waals surface area contributed by atoms with Crippen LogP contribution in [0.25, 0.3) is 0 Å². The second kappa shape index (κ2) is 7.83. The Balaban J connectivity index is 1.83. The van der Waals surface area contributed by atoms with Crippen molar-refractivity contribution in [3.05, 3.63) is 80.8 Å². The standard InChI is InChI=1S/C18H15F3N2O3S/c19-18(20,21)15-6-1-7-22(17(15)25)12-16(24)23(10-13-4-2-8-26-13)11-14-5-3-9-27-14/h1-9H,10-12H2. The van der Waals surface area contributed by atoms with Crippen LogP contribution in [0.4, 0.5) is 13.2 Å². The lowest BCUT2D eigenvalue weighted by Crippen LogP contribution is -2.37. The van der Waals surface area contributed by atoms with Gasteiger partial charge in [0.2, 0.25) is 5.91 Å². The van der Waals surface area contributed by atoms with Gasteiger partial charge in [-0.25, -0.2) is 0 Å². The van der Waals surface area contributed by atoms with Crippen LogP contribution >= 0.6 is 11.3 Å². The van der Waals surface area contributed by atoms with E-state index in [1.54, 1.807) is 12.1 Å². The Morgan fingerprint density at radius 2 is 1.96 bits per heavy atom. The predicted octanol–water partition coefficient (Wildman–Crippen LogP) is 3.75. The quantitative estimate of drug-likeness (QED) is 0.638. The number of hydrogen-bond acceptors (Lipinski definition) is 4. The molecule has 5 nitrogen and oxygen atoms in total. The highest BCUT2D eigenvalue weighted by Gasteiger charge is 2.34. The number of carbonyl (C=O) groups is 1. The molecule has 0 unspecified atom stereocenters. The van der Waals surface area contributed by atoms with Gasteiger partial charge in [0.1, 0.15) is 17.9 Å². The second-order valence-electron chi connectivity index (χ2n) is 5.76. The molecule has 0 aliphatic heterocycles. The molecule has 1 amide bonds. The van der Waals surface area contributed by atoms with Gasteiger partial charge >= 0.3 is 6.18 Å². The maximum Gasteiger partial charge on any atom is 0.421 e. The van der Waals surface area contributed by atoms with Crippen LogP contribution in [0.3, 0.4) is 0 Å². The van der Waals surface area contributed by atoms with Gasteiger partial charge in [0.25, 0.3) is 5.56 Å². The van der Waals surface area contributed by atoms with E-state index in [0.717, 1.165) is 15.5 Å². The largest absolute Gasteiger partial charge is 0.467 e. The van der Waals surface area contributed by atoms with Crippen molar-refractivity contribution < 1.29 is 22.4 Å². The molecule has 0 N–H and O–H groups in total. The number of thiophene rings is 1. The molecule has 3 rings (SSSR count). The van der Waals surface area contributed by atoms with Crippen LogP contribution < -0.4 is 5.56 Å². The third kappa shape index (κ3) is 4.68. The summed E-state index contributed by atoms with van der Waals surface area (Å²) in [6.45, 7) is -0.0722. The summed E-state index contributed by atoms with van der Waals surface area (Å²) in [5.74, 6) is 0.0533. The highest BCUT2D eigenvalue weighted by molar-refractivity contribution is 7.09. The Hall–Kier alpha value is -2.81. The van der Waals surface area contributed by atoms with E-state index < -0.39 is 29.8 Å². The van der Waals surface area contributed by atoms with Crippen LogP contribution in [-0.2, 0) is 30.6 Å². The highest BCUT2D eigenvalue weighted by atomic mass is 32.1. The molecule has 3 heterocycles. The van der Waals surface area contributed by atoms with Crippen LogP contribution in [-0.4, -0.2) is 15.4 Å². The second-order valence-corrected chi connectivity index (χ2v) is 6.79. The molecule has 0 saturated carbocycles. The summed E-state index contributed by atoms with van der Waals surface area (Å²) in [6.07, 6.45) is -2.12. The normalized spacial score (nSPS) is 11.5. The molecule has 0 aliphatic rings. The fraction of sp³-hybridized carbons (Fsp3) is 0.222. The zero-order chi connectivity index (χ0) is 19.4. The third-order valence-corrected chi connectivity index (χ3v) is 4.70. The predicted molar refractivity (Wildman–Crippen MR) is 93.0 cm³/mol. The summed E-state index contributed by atoms with van der Waals surface area (Å²) in [4.78, 5) is 27.1. The zero-order valence-electron chi connectivity index (χ0n) is 14.0. The number of aromatic nitrogens is 1. The van der Waals surface area contributed by atoms with E-state index >= 15 is 0 Å². The number of nitrogens with zero attached hydrogens (tertiary/aromatic N) is 2. The average molecular weight is 396 g/mol. The highest BCUT2D eigenvalue weighted by Crippen LogP contribution is 2.26. The summed E-state index contributed by atoms with van der Waals surface area (Å²) in [5.41, 5.74) is -2.54. The lowest BCUT2D eigenvalue weighted by Gasteiger charge is -2.22. The number of furan rings is 1.